The van der Waals surface area contributed by atoms with Gasteiger partial charge in [0.2, 0.25) is 0 Å². The van der Waals surface area contributed by atoms with Crippen LogP contribution >= 0.6 is 0 Å². The molecule has 0 aliphatic carbocycles. The third-order valence-corrected chi connectivity index (χ3v) is 2.94. The molecule has 0 aliphatic heterocycles. The van der Waals surface area contributed by atoms with Crippen molar-refractivity contribution in [3.05, 3.63) is 35.4 Å². The van der Waals surface area contributed by atoms with Gasteiger partial charge in [-0.05, 0) is 43.9 Å². The van der Waals surface area contributed by atoms with Crippen LogP contribution in [0.25, 0.3) is 0 Å². The second-order valence-electron chi connectivity index (χ2n) is 5.36. The van der Waals surface area contributed by atoms with Crippen LogP contribution in [-0.2, 0) is 0 Å². The molecule has 0 saturated carbocycles. The predicted octanol–water partition coefficient (Wildman–Crippen LogP) is 2.67. The molecule has 0 aliphatic rings. The van der Waals surface area contributed by atoms with Crippen molar-refractivity contribution in [1.29, 1.82) is 0 Å². The monoisotopic (exact) mass is 248 g/mol. The first-order chi connectivity index (χ1) is 8.40. The molecular weight excluding hydrogens is 224 g/mol. The molecule has 2 atom stereocenters. The van der Waals surface area contributed by atoms with Crippen molar-refractivity contribution in [3.63, 3.8) is 0 Å². The zero-order valence-electron chi connectivity index (χ0n) is 11.7. The summed E-state index contributed by atoms with van der Waals surface area (Å²) in [6.07, 6.45) is 0.788. The Bertz CT molecular complexity index is 382. The van der Waals surface area contributed by atoms with E-state index >= 15 is 0 Å². The summed E-state index contributed by atoms with van der Waals surface area (Å²) in [5, 5.41) is 2.96. The zero-order chi connectivity index (χ0) is 13.7. The highest BCUT2D eigenvalue weighted by Gasteiger charge is 2.11. The maximum Gasteiger partial charge on any atom is 0.251 e. The highest BCUT2D eigenvalue weighted by atomic mass is 16.1. The Balaban J connectivity index is 2.61. The summed E-state index contributed by atoms with van der Waals surface area (Å²) < 4.78 is 0. The van der Waals surface area contributed by atoms with Crippen LogP contribution in [0, 0.1) is 0 Å². The first-order valence-corrected chi connectivity index (χ1v) is 6.56. The second kappa shape index (κ2) is 6.55. The van der Waals surface area contributed by atoms with Gasteiger partial charge in [0.15, 0.2) is 0 Å². The minimum atomic E-state index is -0.0292. The van der Waals surface area contributed by atoms with Crippen molar-refractivity contribution in [1.82, 2.24) is 5.32 Å². The van der Waals surface area contributed by atoms with Crippen LogP contribution in [0.1, 0.15) is 56.0 Å². The molecule has 3 nitrogen and oxygen atoms in total. The smallest absolute Gasteiger partial charge is 0.251 e. The van der Waals surface area contributed by atoms with Crippen molar-refractivity contribution in [3.8, 4) is 0 Å². The van der Waals surface area contributed by atoms with Gasteiger partial charge in [-0.25, -0.2) is 0 Å². The van der Waals surface area contributed by atoms with E-state index in [1.165, 1.54) is 5.56 Å². The van der Waals surface area contributed by atoms with Gasteiger partial charge in [0, 0.05) is 17.6 Å². The summed E-state index contributed by atoms with van der Waals surface area (Å²) in [7, 11) is 0. The molecule has 2 unspecified atom stereocenters. The van der Waals surface area contributed by atoms with Crippen molar-refractivity contribution in [2.24, 2.45) is 5.73 Å². The van der Waals surface area contributed by atoms with Gasteiger partial charge >= 0.3 is 0 Å². The zero-order valence-corrected chi connectivity index (χ0v) is 11.7. The van der Waals surface area contributed by atoms with Gasteiger partial charge in [-0.2, -0.15) is 0 Å². The minimum absolute atomic E-state index is 0.0292. The van der Waals surface area contributed by atoms with E-state index in [-0.39, 0.29) is 18.0 Å². The Labute approximate surface area is 110 Å². The number of hydrogen-bond acceptors (Lipinski definition) is 2. The third kappa shape index (κ3) is 4.49. The van der Waals surface area contributed by atoms with E-state index < -0.39 is 0 Å². The fourth-order valence-corrected chi connectivity index (χ4v) is 1.94. The number of rotatable bonds is 5. The molecule has 18 heavy (non-hydrogen) atoms. The Morgan fingerprint density at radius 3 is 2.17 bits per heavy atom. The quantitative estimate of drug-likeness (QED) is 0.841. The standard InChI is InChI=1S/C15H24N2O/c1-10(2)13-5-7-14(8-6-13)15(18)17-12(4)9-11(3)16/h5-8,10-12H,9,16H2,1-4H3,(H,17,18). The molecule has 0 heterocycles. The molecule has 3 N–H and O–H groups in total. The van der Waals surface area contributed by atoms with Gasteiger partial charge in [-0.3, -0.25) is 4.79 Å². The van der Waals surface area contributed by atoms with E-state index in [0.29, 0.717) is 11.5 Å². The average molecular weight is 248 g/mol. The van der Waals surface area contributed by atoms with Gasteiger partial charge < -0.3 is 11.1 Å². The van der Waals surface area contributed by atoms with Crippen LogP contribution in [-0.4, -0.2) is 18.0 Å². The number of carbonyl (C=O) groups excluding carboxylic acids is 1. The fraction of sp³-hybridized carbons (Fsp3) is 0.533. The molecule has 1 rings (SSSR count). The molecule has 0 saturated heterocycles. The van der Waals surface area contributed by atoms with Crippen molar-refractivity contribution >= 4 is 5.91 Å². The molecule has 0 spiro atoms. The molecule has 0 aromatic heterocycles. The van der Waals surface area contributed by atoms with E-state index in [2.05, 4.69) is 19.2 Å². The molecular formula is C15H24N2O. The maximum absolute atomic E-state index is 12.0. The Morgan fingerprint density at radius 1 is 1.17 bits per heavy atom. The number of carbonyl (C=O) groups is 1. The van der Waals surface area contributed by atoms with E-state index in [1.807, 2.05) is 38.1 Å². The first kappa shape index (κ1) is 14.7. The number of nitrogens with two attached hydrogens (primary N) is 1. The minimum Gasteiger partial charge on any atom is -0.350 e. The van der Waals surface area contributed by atoms with E-state index in [4.69, 9.17) is 5.73 Å². The summed E-state index contributed by atoms with van der Waals surface area (Å²) in [4.78, 5) is 12.0. The van der Waals surface area contributed by atoms with Crippen molar-refractivity contribution < 1.29 is 4.79 Å². The predicted molar refractivity (Wildman–Crippen MR) is 75.7 cm³/mol. The van der Waals surface area contributed by atoms with Gasteiger partial charge in [0.25, 0.3) is 5.91 Å². The highest BCUT2D eigenvalue weighted by Crippen LogP contribution is 2.14. The molecule has 100 valence electrons. The lowest BCUT2D eigenvalue weighted by atomic mass is 10.0. The van der Waals surface area contributed by atoms with Crippen molar-refractivity contribution in [2.45, 2.75) is 52.1 Å². The van der Waals surface area contributed by atoms with E-state index in [1.54, 1.807) is 0 Å². The first-order valence-electron chi connectivity index (χ1n) is 6.56. The van der Waals surface area contributed by atoms with Crippen LogP contribution in [0.4, 0.5) is 0 Å². The third-order valence-electron chi connectivity index (χ3n) is 2.94. The van der Waals surface area contributed by atoms with Crippen LogP contribution in [0.5, 0.6) is 0 Å². The van der Waals surface area contributed by atoms with Crippen LogP contribution in [0.2, 0.25) is 0 Å². The number of amides is 1. The molecule has 1 amide bonds. The molecule has 1 aromatic carbocycles. The number of nitrogens with one attached hydrogen (secondary N) is 1. The summed E-state index contributed by atoms with van der Waals surface area (Å²) >= 11 is 0. The van der Waals surface area contributed by atoms with Crippen molar-refractivity contribution in [2.75, 3.05) is 0 Å². The number of benzene rings is 1. The van der Waals surface area contributed by atoms with Crippen LogP contribution in [0.15, 0.2) is 24.3 Å². The average Bonchev–Trinajstić information content (AvgIpc) is 2.27. The van der Waals surface area contributed by atoms with Gasteiger partial charge in [-0.1, -0.05) is 26.0 Å². The lowest BCUT2D eigenvalue weighted by molar-refractivity contribution is 0.0937. The summed E-state index contributed by atoms with van der Waals surface area (Å²) in [5.74, 6) is 0.456. The maximum atomic E-state index is 12.0. The molecule has 1 aromatic rings. The van der Waals surface area contributed by atoms with Gasteiger partial charge in [0.1, 0.15) is 0 Å². The molecule has 3 heteroatoms. The fourth-order valence-electron chi connectivity index (χ4n) is 1.94. The molecule has 0 radical (unpaired) electrons. The lowest BCUT2D eigenvalue weighted by Gasteiger charge is -2.16. The van der Waals surface area contributed by atoms with Gasteiger partial charge in [-0.15, -0.1) is 0 Å². The summed E-state index contributed by atoms with van der Waals surface area (Å²) in [6.45, 7) is 8.20. The lowest BCUT2D eigenvalue weighted by Crippen LogP contribution is -2.36. The summed E-state index contributed by atoms with van der Waals surface area (Å²) in [5.41, 5.74) is 7.66. The summed E-state index contributed by atoms with van der Waals surface area (Å²) in [6, 6.07) is 7.98. The van der Waals surface area contributed by atoms with E-state index in [0.717, 1.165) is 6.42 Å². The Kier molecular flexibility index (Phi) is 5.35. The SMILES string of the molecule is CC(N)CC(C)NC(=O)c1ccc(C(C)C)cc1. The Morgan fingerprint density at radius 2 is 1.72 bits per heavy atom. The highest BCUT2D eigenvalue weighted by molar-refractivity contribution is 5.94. The topological polar surface area (TPSA) is 55.1 Å². The number of hydrogen-bond donors (Lipinski definition) is 2. The van der Waals surface area contributed by atoms with Crippen LogP contribution in [0.3, 0.4) is 0 Å². The second-order valence-corrected chi connectivity index (χ2v) is 5.36. The largest absolute Gasteiger partial charge is 0.350 e. The van der Waals surface area contributed by atoms with E-state index in [9.17, 15) is 4.79 Å². The van der Waals surface area contributed by atoms with Gasteiger partial charge in [0.05, 0.1) is 0 Å². The molecule has 0 bridgehead atoms. The molecule has 0 fully saturated rings. The normalized spacial score (nSPS) is 14.3. The van der Waals surface area contributed by atoms with Crippen LogP contribution < -0.4 is 11.1 Å². The Hall–Kier alpha value is -1.35.